The number of rotatable bonds is 6. The van der Waals surface area contributed by atoms with Crippen LogP contribution in [0.3, 0.4) is 0 Å². The van der Waals surface area contributed by atoms with E-state index in [9.17, 15) is 9.59 Å². The zero-order chi connectivity index (χ0) is 26.3. The van der Waals surface area contributed by atoms with Crippen LogP contribution in [0.15, 0.2) is 0 Å². The van der Waals surface area contributed by atoms with E-state index in [1.807, 2.05) is 31.4 Å². The van der Waals surface area contributed by atoms with Gasteiger partial charge in [0.2, 0.25) is 7.98 Å². The van der Waals surface area contributed by atoms with Crippen molar-refractivity contribution in [2.45, 2.75) is 11.1 Å². The van der Waals surface area contributed by atoms with Crippen LogP contribution in [0.5, 0.6) is 5.75 Å². The molecule has 2 aromatic rings. The Morgan fingerprint density at radius 1 is 0.941 bits per heavy atom. The molecular weight excluding hydrogens is 437 g/mol. The predicted octanol–water partition coefficient (Wildman–Crippen LogP) is -13.1. The first-order valence-corrected chi connectivity index (χ1v) is 11.7. The number of halogens is 1. The van der Waals surface area contributed by atoms with Crippen molar-refractivity contribution < 1.29 is 18.9 Å². The molecule has 0 radical (unpaired) electrons. The molecular formula is C15H25B12ClN2O4. The van der Waals surface area contributed by atoms with Gasteiger partial charge in [0.05, 0.1) is 5.34 Å². The van der Waals surface area contributed by atoms with Crippen LogP contribution in [0.1, 0.15) is 21.8 Å². The molecule has 0 N–H and O–H groups in total. The van der Waals surface area contributed by atoms with Crippen LogP contribution in [0, 0.1) is 0 Å². The Morgan fingerprint density at radius 2 is 1.50 bits per heavy atom. The minimum absolute atomic E-state index is 0.152. The standard InChI is InChI=1S/C15H25B12ClN2O4/c16-4-2(11(20)21)1(5(17)8(28)7(4)19)3-6(18)10(33-26)9(29-12(3)22)13(31)30(25)15(23,24)14(32)34-27/h11H,16-27H2. The lowest BCUT2D eigenvalue weighted by Gasteiger charge is -2.35. The van der Waals surface area contributed by atoms with Crippen molar-refractivity contribution in [3.63, 3.8) is 0 Å². The Labute approximate surface area is 218 Å². The average molecular weight is 463 g/mol. The van der Waals surface area contributed by atoms with Gasteiger partial charge < -0.3 is 14.1 Å². The summed E-state index contributed by atoms with van der Waals surface area (Å²) < 4.78 is 10.6. The second-order valence-electron chi connectivity index (χ2n) is 9.63. The molecule has 0 saturated heterocycles. The monoisotopic (exact) mass is 464 g/mol. The number of benzene rings is 1. The van der Waals surface area contributed by atoms with Gasteiger partial charge in [-0.1, -0.05) is 39.3 Å². The number of carbonyl (C=O) groups excluding carboxylic acids is 2. The van der Waals surface area contributed by atoms with Crippen LogP contribution in [0.25, 0.3) is 11.1 Å². The van der Waals surface area contributed by atoms with Gasteiger partial charge in [0, 0.05) is 10.6 Å². The van der Waals surface area contributed by atoms with Crippen LogP contribution in [-0.2, 0) is 9.45 Å². The molecule has 0 atom stereocenters. The third-order valence-electron chi connectivity index (χ3n) is 6.90. The number of aromatic nitrogens is 1. The van der Waals surface area contributed by atoms with Crippen molar-refractivity contribution in [3.8, 4) is 16.9 Å². The third kappa shape index (κ3) is 4.67. The van der Waals surface area contributed by atoms with E-state index in [2.05, 4.69) is 23.5 Å². The van der Waals surface area contributed by atoms with Gasteiger partial charge in [-0.05, 0) is 16.6 Å². The first-order chi connectivity index (χ1) is 15.6. The largest absolute Gasteiger partial charge is 0.567 e. The smallest absolute Gasteiger partial charge is 0.326 e. The number of amides is 1. The minimum Gasteiger partial charge on any atom is -0.567 e. The number of nitrogens with zero attached hydrogens (tertiary/aromatic N) is 2. The molecule has 34 heavy (non-hydrogen) atoms. The van der Waals surface area contributed by atoms with Crippen molar-refractivity contribution >= 4 is 146 Å². The van der Waals surface area contributed by atoms with E-state index in [1.54, 1.807) is 23.7 Å². The van der Waals surface area contributed by atoms with Gasteiger partial charge in [-0.25, -0.2) is 0 Å². The highest BCUT2D eigenvalue weighted by Gasteiger charge is 2.37. The Hall–Kier alpha value is -1.82. The zero-order valence-electron chi connectivity index (χ0n) is 22.5. The molecule has 1 amide bonds. The molecule has 0 unspecified atom stereocenters. The van der Waals surface area contributed by atoms with E-state index in [-0.39, 0.29) is 11.4 Å². The van der Waals surface area contributed by atoms with E-state index < -0.39 is 17.2 Å². The lowest BCUT2D eigenvalue weighted by atomic mass is 9.57. The minimum atomic E-state index is -1.18. The van der Waals surface area contributed by atoms with Gasteiger partial charge >= 0.3 is 16.1 Å². The molecule has 1 aromatic heterocycles. The average Bonchev–Trinajstić information content (AvgIpc) is 2.78. The molecule has 162 valence electrons. The summed E-state index contributed by atoms with van der Waals surface area (Å²) in [7, 11) is 21.9. The normalized spacial score (nSPS) is 11.2. The summed E-state index contributed by atoms with van der Waals surface area (Å²) in [6, 6.07) is 0. The summed E-state index contributed by atoms with van der Waals surface area (Å²) in [5, 5.41) is -0.448. The molecule has 0 saturated carbocycles. The van der Waals surface area contributed by atoms with Gasteiger partial charge in [0.1, 0.15) is 68.5 Å². The summed E-state index contributed by atoms with van der Waals surface area (Å²) in [6.45, 7) is 0. The molecule has 0 fully saturated rings. The van der Waals surface area contributed by atoms with Gasteiger partial charge in [-0.2, -0.15) is 0 Å². The van der Waals surface area contributed by atoms with Crippen molar-refractivity contribution in [1.82, 2.24) is 9.79 Å². The van der Waals surface area contributed by atoms with E-state index in [0.29, 0.717) is 11.3 Å². The zero-order valence-corrected chi connectivity index (χ0v) is 23.2. The molecule has 0 spiro atoms. The number of carbonyl (C=O) groups is 2. The Bertz CT molecular complexity index is 1180. The fourth-order valence-corrected chi connectivity index (χ4v) is 4.83. The Morgan fingerprint density at radius 3 is 1.97 bits per heavy atom. The van der Waals surface area contributed by atoms with Crippen molar-refractivity contribution in [1.29, 1.82) is 0 Å². The van der Waals surface area contributed by atoms with Gasteiger partial charge in [0.15, 0.2) is 13.5 Å². The third-order valence-corrected chi connectivity index (χ3v) is 7.47. The topological polar surface area (TPSA) is 68.7 Å². The van der Waals surface area contributed by atoms with Gasteiger partial charge in [-0.3, -0.25) is 14.6 Å². The highest BCUT2D eigenvalue weighted by Crippen LogP contribution is 2.27. The highest BCUT2D eigenvalue weighted by atomic mass is 35.5. The van der Waals surface area contributed by atoms with Crippen LogP contribution < -0.4 is 32.1 Å². The van der Waals surface area contributed by atoms with Crippen LogP contribution >= 0.6 is 11.6 Å². The van der Waals surface area contributed by atoms with Crippen molar-refractivity contribution in [2.75, 3.05) is 0 Å². The molecule has 2 rings (SSSR count). The molecule has 0 aliphatic carbocycles. The van der Waals surface area contributed by atoms with Crippen LogP contribution in [0.2, 0.25) is 5.02 Å². The van der Waals surface area contributed by atoms with Crippen molar-refractivity contribution in [2.24, 2.45) is 0 Å². The van der Waals surface area contributed by atoms with E-state index >= 15 is 0 Å². The fraction of sp³-hybridized carbons (Fsp3) is 0.133. The maximum Gasteiger partial charge on any atom is 0.326 e. The molecule has 6 nitrogen and oxygen atoms in total. The lowest BCUT2D eigenvalue weighted by Crippen LogP contribution is -2.58. The predicted molar refractivity (Wildman–Crippen MR) is 174 cm³/mol. The molecule has 1 aromatic carbocycles. The van der Waals surface area contributed by atoms with E-state index in [4.69, 9.17) is 25.9 Å². The quantitative estimate of drug-likeness (QED) is 0.399. The number of hydrogen-bond donors (Lipinski definition) is 0. The summed E-state index contributed by atoms with van der Waals surface area (Å²) in [6.07, 6.45) is 0. The summed E-state index contributed by atoms with van der Waals surface area (Å²) in [4.78, 5) is 31.8. The van der Waals surface area contributed by atoms with Crippen LogP contribution in [-0.4, -0.2) is 122 Å². The SMILES string of the molecule is BOC(=O)C(B)(B)N(B)C(=O)c1nc(B)c(-c2c(B)c(Cl)c(B)c(B)c2C(B)B)c(B)c1OB. The van der Waals surface area contributed by atoms with E-state index in [0.717, 1.165) is 38.0 Å². The Balaban J connectivity index is 2.88. The number of hydrogen-bond acceptors (Lipinski definition) is 5. The maximum atomic E-state index is 13.5. The number of pyridine rings is 1. The fourth-order valence-electron chi connectivity index (χ4n) is 4.59. The summed E-state index contributed by atoms with van der Waals surface area (Å²) in [5.74, 6) is -0.570. The molecule has 0 aliphatic rings. The molecule has 19 heteroatoms. The van der Waals surface area contributed by atoms with Gasteiger partial charge in [0.25, 0.3) is 11.9 Å². The molecule has 1 heterocycles. The molecule has 0 bridgehead atoms. The Kier molecular flexibility index (Phi) is 8.72. The summed E-state index contributed by atoms with van der Waals surface area (Å²) >= 11 is 6.75. The second-order valence-corrected chi connectivity index (χ2v) is 10.0. The maximum absolute atomic E-state index is 13.5. The van der Waals surface area contributed by atoms with Crippen LogP contribution in [0.4, 0.5) is 0 Å². The molecule has 0 aliphatic heterocycles. The first-order valence-electron chi connectivity index (χ1n) is 11.4. The first kappa shape index (κ1) is 28.4. The van der Waals surface area contributed by atoms with E-state index in [1.165, 1.54) is 26.5 Å². The highest BCUT2D eigenvalue weighted by molar-refractivity contribution is 6.62. The second kappa shape index (κ2) is 10.4. The summed E-state index contributed by atoms with van der Waals surface area (Å²) in [5.41, 5.74) is 8.24. The lowest BCUT2D eigenvalue weighted by molar-refractivity contribution is -0.136. The van der Waals surface area contributed by atoms with Gasteiger partial charge in [-0.15, -0.1) is 0 Å². The van der Waals surface area contributed by atoms with Crippen molar-refractivity contribution in [3.05, 3.63) is 16.3 Å².